The molecule has 0 aliphatic carbocycles. The molecule has 32 heavy (non-hydrogen) atoms. The summed E-state index contributed by atoms with van der Waals surface area (Å²) in [4.78, 5) is 18.1. The summed E-state index contributed by atoms with van der Waals surface area (Å²) < 4.78 is 42.8. The summed E-state index contributed by atoms with van der Waals surface area (Å²) >= 11 is 1.53. The highest BCUT2D eigenvalue weighted by molar-refractivity contribution is 7.96. The Morgan fingerprint density at radius 3 is 2.44 bits per heavy atom. The molecule has 1 aromatic heterocycles. The molecule has 0 radical (unpaired) electrons. The van der Waals surface area contributed by atoms with Gasteiger partial charge < -0.3 is 15.5 Å². The maximum atomic E-state index is 13.2. The summed E-state index contributed by atoms with van der Waals surface area (Å²) in [6.45, 7) is 4.22. The molecular formula is C22H28F3N5OS. The Bertz CT molecular complexity index is 899. The second-order valence-corrected chi connectivity index (χ2v) is 8.57. The molecule has 0 saturated carbocycles. The van der Waals surface area contributed by atoms with Gasteiger partial charge in [-0.25, -0.2) is 9.78 Å². The van der Waals surface area contributed by atoms with Gasteiger partial charge in [-0.2, -0.15) is 13.2 Å². The highest BCUT2D eigenvalue weighted by atomic mass is 32.2. The Kier molecular flexibility index (Phi) is 8.25. The van der Waals surface area contributed by atoms with Gasteiger partial charge in [-0.05, 0) is 48.8 Å². The highest BCUT2D eigenvalue weighted by Gasteiger charge is 2.34. The minimum atomic E-state index is -4.52. The molecule has 0 unspecified atom stereocenters. The standard InChI is InChI=1S/C22H28F3N5OS/c1-15-9-11-30(12-10-15)20-17(5-8-19(29-20)22(23,24)25)14-26-21(31)28-18-6-3-16(4-7-18)13-27-32-2/h3-8,15,27H,9-14H2,1-2H3,(H2,26,28,31). The molecule has 1 aromatic carbocycles. The molecule has 3 N–H and O–H groups in total. The summed E-state index contributed by atoms with van der Waals surface area (Å²) in [6.07, 6.45) is -0.774. The number of rotatable bonds is 7. The van der Waals surface area contributed by atoms with Crippen molar-refractivity contribution in [1.29, 1.82) is 0 Å². The van der Waals surface area contributed by atoms with Gasteiger partial charge in [0.25, 0.3) is 0 Å². The lowest BCUT2D eigenvalue weighted by atomic mass is 9.99. The first-order valence-corrected chi connectivity index (χ1v) is 11.7. The van der Waals surface area contributed by atoms with E-state index in [-0.39, 0.29) is 12.4 Å². The molecule has 0 spiro atoms. The Morgan fingerprint density at radius 2 is 1.81 bits per heavy atom. The van der Waals surface area contributed by atoms with Gasteiger partial charge in [0.1, 0.15) is 11.5 Å². The number of urea groups is 1. The van der Waals surface area contributed by atoms with Crippen LogP contribution in [0.1, 0.15) is 36.6 Å². The number of pyridine rings is 1. The van der Waals surface area contributed by atoms with Crippen molar-refractivity contribution in [3.63, 3.8) is 0 Å². The van der Waals surface area contributed by atoms with Crippen molar-refractivity contribution in [3.05, 3.63) is 53.2 Å². The summed E-state index contributed by atoms with van der Waals surface area (Å²) in [7, 11) is 0. The summed E-state index contributed by atoms with van der Waals surface area (Å²) in [6, 6.07) is 9.36. The zero-order valence-electron chi connectivity index (χ0n) is 18.1. The monoisotopic (exact) mass is 467 g/mol. The fourth-order valence-corrected chi connectivity index (χ4v) is 3.79. The number of hydrogen-bond donors (Lipinski definition) is 3. The molecule has 1 aliphatic rings. The lowest BCUT2D eigenvalue weighted by Gasteiger charge is -2.33. The maximum Gasteiger partial charge on any atom is 0.433 e. The predicted octanol–water partition coefficient (Wildman–Crippen LogP) is 5.03. The molecule has 3 rings (SSSR count). The van der Waals surface area contributed by atoms with Gasteiger partial charge in [0.2, 0.25) is 0 Å². The van der Waals surface area contributed by atoms with Crippen molar-refractivity contribution >= 4 is 29.5 Å². The van der Waals surface area contributed by atoms with Crippen molar-refractivity contribution in [2.45, 2.75) is 39.0 Å². The predicted molar refractivity (Wildman–Crippen MR) is 123 cm³/mol. The zero-order valence-corrected chi connectivity index (χ0v) is 18.9. The maximum absolute atomic E-state index is 13.2. The molecule has 6 nitrogen and oxygen atoms in total. The summed E-state index contributed by atoms with van der Waals surface area (Å²) in [5.41, 5.74) is 1.35. The minimum absolute atomic E-state index is 0.0775. The number of alkyl halides is 3. The van der Waals surface area contributed by atoms with Gasteiger partial charge in [-0.15, -0.1) is 0 Å². The second kappa shape index (κ2) is 10.9. The molecular weight excluding hydrogens is 439 g/mol. The van der Waals surface area contributed by atoms with Crippen LogP contribution in [0.3, 0.4) is 0 Å². The van der Waals surface area contributed by atoms with Gasteiger partial charge in [-0.3, -0.25) is 4.72 Å². The molecule has 0 bridgehead atoms. The van der Waals surface area contributed by atoms with E-state index in [0.29, 0.717) is 36.8 Å². The highest BCUT2D eigenvalue weighted by Crippen LogP contribution is 2.32. The summed E-state index contributed by atoms with van der Waals surface area (Å²) in [5.74, 6) is 0.824. The Hall–Kier alpha value is -2.46. The number of carbonyl (C=O) groups excluding carboxylic acids is 1. The molecule has 1 fully saturated rings. The smallest absolute Gasteiger partial charge is 0.356 e. The van der Waals surface area contributed by atoms with Crippen LogP contribution in [0.5, 0.6) is 0 Å². The number of nitrogens with one attached hydrogen (secondary N) is 3. The molecule has 0 atom stereocenters. The van der Waals surface area contributed by atoms with Crippen LogP contribution in [0.25, 0.3) is 0 Å². The molecule has 2 aromatic rings. The van der Waals surface area contributed by atoms with Crippen molar-refractivity contribution in [2.75, 3.05) is 29.6 Å². The third-order valence-corrected chi connectivity index (χ3v) is 5.83. The van der Waals surface area contributed by atoms with E-state index in [4.69, 9.17) is 0 Å². The largest absolute Gasteiger partial charge is 0.433 e. The van der Waals surface area contributed by atoms with Crippen LogP contribution < -0.4 is 20.3 Å². The first-order chi connectivity index (χ1) is 15.3. The normalized spacial score (nSPS) is 15.0. The Balaban J connectivity index is 1.66. The lowest BCUT2D eigenvalue weighted by molar-refractivity contribution is -0.141. The molecule has 2 amide bonds. The number of hydrogen-bond acceptors (Lipinski definition) is 5. The van der Waals surface area contributed by atoms with Gasteiger partial charge >= 0.3 is 12.2 Å². The van der Waals surface area contributed by atoms with Gasteiger partial charge in [0.05, 0.1) is 0 Å². The van der Waals surface area contributed by atoms with Crippen LogP contribution >= 0.6 is 11.9 Å². The molecule has 2 heterocycles. The Morgan fingerprint density at radius 1 is 1.12 bits per heavy atom. The van der Waals surface area contributed by atoms with E-state index < -0.39 is 17.9 Å². The van der Waals surface area contributed by atoms with E-state index in [1.807, 2.05) is 23.3 Å². The third kappa shape index (κ3) is 6.77. The zero-order chi connectivity index (χ0) is 23.1. The van der Waals surface area contributed by atoms with Crippen molar-refractivity contribution in [2.24, 2.45) is 5.92 Å². The van der Waals surface area contributed by atoms with Crippen molar-refractivity contribution in [3.8, 4) is 0 Å². The van der Waals surface area contributed by atoms with Crippen LogP contribution in [0.15, 0.2) is 36.4 Å². The Labute approximate surface area is 190 Å². The fraction of sp³-hybridized carbons (Fsp3) is 0.455. The number of aromatic nitrogens is 1. The van der Waals surface area contributed by atoms with Crippen LogP contribution in [0.2, 0.25) is 0 Å². The van der Waals surface area contributed by atoms with Crippen molar-refractivity contribution in [1.82, 2.24) is 15.0 Å². The van der Waals surface area contributed by atoms with E-state index in [1.165, 1.54) is 18.0 Å². The first-order valence-electron chi connectivity index (χ1n) is 10.5. The molecule has 1 aliphatic heterocycles. The number of carbonyl (C=O) groups is 1. The quantitative estimate of drug-likeness (QED) is 0.499. The average Bonchev–Trinajstić information content (AvgIpc) is 2.77. The van der Waals surface area contributed by atoms with Crippen LogP contribution in [0.4, 0.5) is 29.5 Å². The summed E-state index contributed by atoms with van der Waals surface area (Å²) in [5, 5.41) is 5.48. The first kappa shape index (κ1) is 24.2. The molecule has 1 saturated heterocycles. The SMILES string of the molecule is CSNCc1ccc(NC(=O)NCc2ccc(C(F)(F)F)nc2N2CCC(C)CC2)cc1. The van der Waals surface area contributed by atoms with Gasteiger partial charge in [-0.1, -0.05) is 37.1 Å². The van der Waals surface area contributed by atoms with E-state index in [2.05, 4.69) is 27.3 Å². The third-order valence-electron chi connectivity index (χ3n) is 5.40. The minimum Gasteiger partial charge on any atom is -0.356 e. The average molecular weight is 468 g/mol. The lowest BCUT2D eigenvalue weighted by Crippen LogP contribution is -2.35. The van der Waals surface area contributed by atoms with Gasteiger partial charge in [0, 0.05) is 37.4 Å². The fourth-order valence-electron chi connectivity index (χ4n) is 3.48. The van der Waals surface area contributed by atoms with Crippen LogP contribution in [0, 0.1) is 5.92 Å². The number of piperidine rings is 1. The molecule has 174 valence electrons. The second-order valence-electron chi connectivity index (χ2n) is 7.88. The number of amides is 2. The van der Waals surface area contributed by atoms with Crippen molar-refractivity contribution < 1.29 is 18.0 Å². The number of nitrogens with zero attached hydrogens (tertiary/aromatic N) is 2. The topological polar surface area (TPSA) is 69.3 Å². The van der Waals surface area contributed by atoms with E-state index in [1.54, 1.807) is 12.1 Å². The van der Waals surface area contributed by atoms with Crippen LogP contribution in [-0.4, -0.2) is 30.4 Å². The molecule has 10 heteroatoms. The van der Waals surface area contributed by atoms with E-state index in [0.717, 1.165) is 24.5 Å². The van der Waals surface area contributed by atoms with Crippen LogP contribution in [-0.2, 0) is 19.3 Å². The van der Waals surface area contributed by atoms with E-state index in [9.17, 15) is 18.0 Å². The number of anilines is 2. The van der Waals surface area contributed by atoms with Gasteiger partial charge in [0.15, 0.2) is 0 Å². The van der Waals surface area contributed by atoms with E-state index >= 15 is 0 Å². The number of benzene rings is 1. The number of halogens is 3.